The van der Waals surface area contributed by atoms with Gasteiger partial charge in [-0.1, -0.05) is 21.9 Å². The number of halogens is 2. The fourth-order valence-electron chi connectivity index (χ4n) is 1.25. The number of anilines is 1. The van der Waals surface area contributed by atoms with Crippen molar-refractivity contribution >= 4 is 17.3 Å². The SMILES string of the molecule is Cc1nonc1CNc1cc(F)cc(Cl)c1. The lowest BCUT2D eigenvalue weighted by molar-refractivity contribution is 0.301. The molecule has 0 aliphatic rings. The quantitative estimate of drug-likeness (QED) is 0.898. The summed E-state index contributed by atoms with van der Waals surface area (Å²) in [6.07, 6.45) is 0. The third-order valence-electron chi connectivity index (χ3n) is 2.07. The summed E-state index contributed by atoms with van der Waals surface area (Å²) < 4.78 is 17.5. The number of nitrogens with one attached hydrogen (secondary N) is 1. The van der Waals surface area contributed by atoms with E-state index in [0.29, 0.717) is 28.6 Å². The van der Waals surface area contributed by atoms with E-state index in [-0.39, 0.29) is 5.82 Å². The standard InChI is InChI=1S/C10H9ClFN3O/c1-6-10(15-16-14-6)5-13-9-3-7(11)2-8(12)4-9/h2-4,13H,5H2,1H3. The van der Waals surface area contributed by atoms with Crippen LogP contribution in [0.25, 0.3) is 0 Å². The Morgan fingerprint density at radius 1 is 1.38 bits per heavy atom. The molecule has 4 nitrogen and oxygen atoms in total. The number of rotatable bonds is 3. The summed E-state index contributed by atoms with van der Waals surface area (Å²) in [5.74, 6) is -0.384. The third kappa shape index (κ3) is 2.49. The van der Waals surface area contributed by atoms with E-state index >= 15 is 0 Å². The Kier molecular flexibility index (Phi) is 3.05. The molecule has 1 heterocycles. The van der Waals surface area contributed by atoms with Gasteiger partial charge in [0, 0.05) is 10.7 Å². The van der Waals surface area contributed by atoms with Crippen molar-refractivity contribution in [1.82, 2.24) is 10.3 Å². The summed E-state index contributed by atoms with van der Waals surface area (Å²) in [5, 5.41) is 10.7. The maximum absolute atomic E-state index is 13.0. The summed E-state index contributed by atoms with van der Waals surface area (Å²) in [5.41, 5.74) is 1.97. The highest BCUT2D eigenvalue weighted by atomic mass is 35.5. The van der Waals surface area contributed by atoms with Gasteiger partial charge in [-0.2, -0.15) is 0 Å². The molecule has 16 heavy (non-hydrogen) atoms. The van der Waals surface area contributed by atoms with Gasteiger partial charge in [-0.3, -0.25) is 0 Å². The molecule has 1 aromatic heterocycles. The molecule has 0 radical (unpaired) electrons. The van der Waals surface area contributed by atoms with Crippen molar-refractivity contribution in [3.63, 3.8) is 0 Å². The molecular weight excluding hydrogens is 233 g/mol. The molecule has 2 aromatic rings. The van der Waals surface area contributed by atoms with Gasteiger partial charge in [-0.15, -0.1) is 0 Å². The van der Waals surface area contributed by atoms with Crippen LogP contribution in [0.5, 0.6) is 0 Å². The van der Waals surface area contributed by atoms with Crippen LogP contribution in [0.2, 0.25) is 5.02 Å². The van der Waals surface area contributed by atoms with Gasteiger partial charge in [0.15, 0.2) is 0 Å². The molecule has 0 aliphatic carbocycles. The lowest BCUT2D eigenvalue weighted by Crippen LogP contribution is -2.01. The molecule has 0 saturated heterocycles. The van der Waals surface area contributed by atoms with E-state index in [0.717, 1.165) is 0 Å². The number of aromatic nitrogens is 2. The summed E-state index contributed by atoms with van der Waals surface area (Å²) in [4.78, 5) is 0. The molecule has 0 aliphatic heterocycles. The van der Waals surface area contributed by atoms with E-state index in [4.69, 9.17) is 11.6 Å². The van der Waals surface area contributed by atoms with Crippen LogP contribution in [0.1, 0.15) is 11.4 Å². The largest absolute Gasteiger partial charge is 0.379 e. The first-order valence-electron chi connectivity index (χ1n) is 4.63. The van der Waals surface area contributed by atoms with Gasteiger partial charge in [-0.25, -0.2) is 9.02 Å². The molecule has 2 rings (SSSR count). The highest BCUT2D eigenvalue weighted by Crippen LogP contribution is 2.18. The molecule has 84 valence electrons. The zero-order valence-corrected chi connectivity index (χ0v) is 9.25. The van der Waals surface area contributed by atoms with E-state index in [9.17, 15) is 4.39 Å². The maximum Gasteiger partial charge on any atom is 0.127 e. The first-order chi connectivity index (χ1) is 7.65. The van der Waals surface area contributed by atoms with Crippen molar-refractivity contribution in [2.75, 3.05) is 5.32 Å². The number of benzene rings is 1. The van der Waals surface area contributed by atoms with Crippen molar-refractivity contribution < 1.29 is 9.02 Å². The van der Waals surface area contributed by atoms with E-state index in [1.807, 2.05) is 0 Å². The van der Waals surface area contributed by atoms with Crippen LogP contribution in [0.4, 0.5) is 10.1 Å². The molecule has 1 N–H and O–H groups in total. The summed E-state index contributed by atoms with van der Waals surface area (Å²) in [6.45, 7) is 2.20. The fourth-order valence-corrected chi connectivity index (χ4v) is 1.47. The predicted octanol–water partition coefficient (Wildman–Crippen LogP) is 2.78. The minimum atomic E-state index is -0.384. The first-order valence-corrected chi connectivity index (χ1v) is 5.01. The van der Waals surface area contributed by atoms with Gasteiger partial charge in [0.1, 0.15) is 17.2 Å². The van der Waals surface area contributed by atoms with Gasteiger partial charge in [0.2, 0.25) is 0 Å². The van der Waals surface area contributed by atoms with E-state index in [2.05, 4.69) is 20.3 Å². The molecule has 0 fully saturated rings. The third-order valence-corrected chi connectivity index (χ3v) is 2.29. The molecule has 6 heteroatoms. The Labute approximate surface area is 96.4 Å². The van der Waals surface area contributed by atoms with Crippen LogP contribution in [0, 0.1) is 12.7 Å². The minimum absolute atomic E-state index is 0.345. The van der Waals surface area contributed by atoms with E-state index in [1.165, 1.54) is 12.1 Å². The van der Waals surface area contributed by atoms with E-state index in [1.54, 1.807) is 13.0 Å². The van der Waals surface area contributed by atoms with E-state index < -0.39 is 0 Å². The monoisotopic (exact) mass is 241 g/mol. The highest BCUT2D eigenvalue weighted by Gasteiger charge is 2.05. The van der Waals surface area contributed by atoms with Gasteiger partial charge in [-0.05, 0) is 25.1 Å². The zero-order chi connectivity index (χ0) is 11.5. The minimum Gasteiger partial charge on any atom is -0.379 e. The highest BCUT2D eigenvalue weighted by molar-refractivity contribution is 6.30. The first kappa shape index (κ1) is 10.9. The smallest absolute Gasteiger partial charge is 0.127 e. The number of aryl methyl sites for hydroxylation is 1. The van der Waals surface area contributed by atoms with Crippen molar-refractivity contribution in [2.45, 2.75) is 13.5 Å². The number of hydrogen-bond acceptors (Lipinski definition) is 4. The van der Waals surface area contributed by atoms with Gasteiger partial charge in [0.05, 0.1) is 6.54 Å². The van der Waals surface area contributed by atoms with Crippen molar-refractivity contribution in [2.24, 2.45) is 0 Å². The molecule has 1 aromatic carbocycles. The molecule has 0 amide bonds. The zero-order valence-electron chi connectivity index (χ0n) is 8.50. The molecular formula is C10H9ClFN3O. The Morgan fingerprint density at radius 2 is 2.19 bits per heavy atom. The lowest BCUT2D eigenvalue weighted by Gasteiger charge is -2.04. The maximum atomic E-state index is 13.0. The van der Waals surface area contributed by atoms with Crippen LogP contribution in [-0.2, 0) is 6.54 Å². The molecule has 0 atom stereocenters. The molecule has 0 saturated carbocycles. The van der Waals surface area contributed by atoms with Gasteiger partial charge in [0.25, 0.3) is 0 Å². The fraction of sp³-hybridized carbons (Fsp3) is 0.200. The van der Waals surface area contributed by atoms with Crippen LogP contribution in [0.15, 0.2) is 22.8 Å². The Balaban J connectivity index is 2.07. The average molecular weight is 242 g/mol. The average Bonchev–Trinajstić information content (AvgIpc) is 2.59. The van der Waals surface area contributed by atoms with Gasteiger partial charge < -0.3 is 5.32 Å². The molecule has 0 bridgehead atoms. The summed E-state index contributed by atoms with van der Waals surface area (Å²) in [7, 11) is 0. The van der Waals surface area contributed by atoms with Crippen LogP contribution < -0.4 is 5.32 Å². The van der Waals surface area contributed by atoms with Crippen LogP contribution >= 0.6 is 11.6 Å². The lowest BCUT2D eigenvalue weighted by atomic mass is 10.3. The number of nitrogens with zero attached hydrogens (tertiary/aromatic N) is 2. The van der Waals surface area contributed by atoms with Crippen LogP contribution in [0.3, 0.4) is 0 Å². The Hall–Kier alpha value is -1.62. The number of hydrogen-bond donors (Lipinski definition) is 1. The van der Waals surface area contributed by atoms with Crippen molar-refractivity contribution in [1.29, 1.82) is 0 Å². The summed E-state index contributed by atoms with van der Waals surface area (Å²) in [6, 6.07) is 4.23. The Morgan fingerprint density at radius 3 is 2.81 bits per heavy atom. The second-order valence-corrected chi connectivity index (χ2v) is 3.74. The van der Waals surface area contributed by atoms with Crippen LogP contribution in [-0.4, -0.2) is 10.3 Å². The summed E-state index contributed by atoms with van der Waals surface area (Å²) >= 11 is 5.72. The second kappa shape index (κ2) is 4.49. The van der Waals surface area contributed by atoms with Crippen molar-refractivity contribution in [3.05, 3.63) is 40.4 Å². The molecule has 0 spiro atoms. The normalized spacial score (nSPS) is 10.4. The predicted molar refractivity (Wildman–Crippen MR) is 57.8 cm³/mol. The van der Waals surface area contributed by atoms with Crippen molar-refractivity contribution in [3.8, 4) is 0 Å². The Bertz CT molecular complexity index is 480. The molecule has 0 unspecified atom stereocenters. The second-order valence-electron chi connectivity index (χ2n) is 3.31. The topological polar surface area (TPSA) is 51.0 Å². The van der Waals surface area contributed by atoms with Gasteiger partial charge >= 0.3 is 0 Å².